The average molecular weight is 267 g/mol. The first-order chi connectivity index (χ1) is 8.38. The number of aliphatic hydroxyl groups excluding tert-OH is 1. The van der Waals surface area contributed by atoms with Gasteiger partial charge in [-0.3, -0.25) is 0 Å². The highest BCUT2D eigenvalue weighted by atomic mass is 32.2. The van der Waals surface area contributed by atoms with Crippen LogP contribution in [0.5, 0.6) is 0 Å². The van der Waals surface area contributed by atoms with Gasteiger partial charge < -0.3 is 5.11 Å². The summed E-state index contributed by atoms with van der Waals surface area (Å²) < 4.78 is 24.0. The molecule has 0 saturated carbocycles. The number of pyridine rings is 1. The Bertz CT molecular complexity index is 644. The SMILES string of the molecule is CC(O)c1ccc(-n2cc(S(C)(=O)=O)cn2)nc1. The fourth-order valence-corrected chi connectivity index (χ4v) is 1.93. The smallest absolute Gasteiger partial charge is 0.178 e. The molecule has 1 atom stereocenters. The van der Waals surface area contributed by atoms with Gasteiger partial charge in [0.15, 0.2) is 15.7 Å². The van der Waals surface area contributed by atoms with Crippen molar-refractivity contribution in [1.82, 2.24) is 14.8 Å². The summed E-state index contributed by atoms with van der Waals surface area (Å²) in [6.45, 7) is 1.65. The number of aliphatic hydroxyl groups is 1. The molecular formula is C11H13N3O3S. The lowest BCUT2D eigenvalue weighted by atomic mass is 10.2. The van der Waals surface area contributed by atoms with E-state index in [0.29, 0.717) is 11.4 Å². The van der Waals surface area contributed by atoms with E-state index >= 15 is 0 Å². The van der Waals surface area contributed by atoms with Crippen molar-refractivity contribution in [3.8, 4) is 5.82 Å². The quantitative estimate of drug-likeness (QED) is 0.885. The minimum atomic E-state index is -3.26. The number of nitrogens with zero attached hydrogens (tertiary/aromatic N) is 3. The number of hydrogen-bond acceptors (Lipinski definition) is 5. The van der Waals surface area contributed by atoms with Crippen molar-refractivity contribution >= 4 is 9.84 Å². The Balaban J connectivity index is 2.35. The first-order valence-electron chi connectivity index (χ1n) is 5.27. The summed E-state index contributed by atoms with van der Waals surface area (Å²) in [7, 11) is -3.26. The molecule has 0 aliphatic carbocycles. The Hall–Kier alpha value is -1.73. The minimum absolute atomic E-state index is 0.143. The third-order valence-electron chi connectivity index (χ3n) is 2.47. The van der Waals surface area contributed by atoms with Crippen LogP contribution in [0.15, 0.2) is 35.6 Å². The standard InChI is InChI=1S/C11H13N3O3S/c1-8(15)9-3-4-11(12-5-9)14-7-10(6-13-14)18(2,16)17/h3-8,15H,1-2H3. The normalized spacial score (nSPS) is 13.5. The van der Waals surface area contributed by atoms with Crippen molar-refractivity contribution in [3.63, 3.8) is 0 Å². The Morgan fingerprint density at radius 1 is 1.33 bits per heavy atom. The number of sulfone groups is 1. The lowest BCUT2D eigenvalue weighted by molar-refractivity contribution is 0.199. The topological polar surface area (TPSA) is 85.1 Å². The zero-order chi connectivity index (χ0) is 13.3. The summed E-state index contributed by atoms with van der Waals surface area (Å²) in [4.78, 5) is 4.25. The van der Waals surface area contributed by atoms with Crippen LogP contribution in [0.2, 0.25) is 0 Å². The maximum atomic E-state index is 11.3. The lowest BCUT2D eigenvalue weighted by Gasteiger charge is -2.05. The van der Waals surface area contributed by atoms with Crippen molar-refractivity contribution in [3.05, 3.63) is 36.3 Å². The molecule has 0 aromatic carbocycles. The molecule has 0 bridgehead atoms. The number of aromatic nitrogens is 3. The fourth-order valence-electron chi connectivity index (χ4n) is 1.40. The van der Waals surface area contributed by atoms with Gasteiger partial charge in [0.25, 0.3) is 0 Å². The van der Waals surface area contributed by atoms with Crippen molar-refractivity contribution in [1.29, 1.82) is 0 Å². The van der Waals surface area contributed by atoms with Gasteiger partial charge in [0, 0.05) is 12.5 Å². The molecule has 6 nitrogen and oxygen atoms in total. The molecule has 18 heavy (non-hydrogen) atoms. The van der Waals surface area contributed by atoms with E-state index in [1.54, 1.807) is 19.1 Å². The first-order valence-corrected chi connectivity index (χ1v) is 7.16. The van der Waals surface area contributed by atoms with Crippen LogP contribution in [0.4, 0.5) is 0 Å². The summed E-state index contributed by atoms with van der Waals surface area (Å²) in [6, 6.07) is 3.38. The third kappa shape index (κ3) is 2.57. The third-order valence-corrected chi connectivity index (χ3v) is 3.54. The maximum Gasteiger partial charge on any atom is 0.178 e. The monoisotopic (exact) mass is 267 g/mol. The van der Waals surface area contributed by atoms with E-state index in [9.17, 15) is 13.5 Å². The Morgan fingerprint density at radius 2 is 2.06 bits per heavy atom. The van der Waals surface area contributed by atoms with Gasteiger partial charge >= 0.3 is 0 Å². The van der Waals surface area contributed by atoms with Gasteiger partial charge in [-0.15, -0.1) is 0 Å². The molecule has 1 N–H and O–H groups in total. The van der Waals surface area contributed by atoms with Gasteiger partial charge in [0.1, 0.15) is 4.90 Å². The highest BCUT2D eigenvalue weighted by Crippen LogP contribution is 2.14. The number of rotatable bonds is 3. The molecule has 7 heteroatoms. The van der Waals surface area contributed by atoms with E-state index in [2.05, 4.69) is 10.1 Å². The van der Waals surface area contributed by atoms with Crippen molar-refractivity contribution in [2.75, 3.05) is 6.26 Å². The molecule has 0 amide bonds. The van der Waals surface area contributed by atoms with E-state index in [-0.39, 0.29) is 4.90 Å². The van der Waals surface area contributed by atoms with Crippen molar-refractivity contribution < 1.29 is 13.5 Å². The van der Waals surface area contributed by atoms with Crippen molar-refractivity contribution in [2.45, 2.75) is 17.9 Å². The van der Waals surface area contributed by atoms with Crippen LogP contribution in [0.25, 0.3) is 5.82 Å². The second kappa shape index (κ2) is 4.51. The van der Waals surface area contributed by atoms with Gasteiger partial charge in [-0.05, 0) is 18.6 Å². The highest BCUT2D eigenvalue weighted by Gasteiger charge is 2.11. The summed E-state index contributed by atoms with van der Waals surface area (Å²) in [5, 5.41) is 13.3. The van der Waals surface area contributed by atoms with Crippen LogP contribution in [0.3, 0.4) is 0 Å². The molecule has 96 valence electrons. The predicted molar refractivity (Wildman–Crippen MR) is 65.1 cm³/mol. The maximum absolute atomic E-state index is 11.3. The van der Waals surface area contributed by atoms with Crippen LogP contribution in [-0.4, -0.2) is 34.5 Å². The molecule has 2 rings (SSSR count). The molecule has 2 aromatic heterocycles. The second-order valence-corrected chi connectivity index (χ2v) is 6.03. The molecule has 0 aliphatic heterocycles. The molecule has 0 aliphatic rings. The summed E-state index contributed by atoms with van der Waals surface area (Å²) in [6.07, 6.45) is 4.75. The van der Waals surface area contributed by atoms with Crippen LogP contribution < -0.4 is 0 Å². The summed E-state index contributed by atoms with van der Waals surface area (Å²) in [5.41, 5.74) is 0.689. The first kappa shape index (κ1) is 12.7. The van der Waals surface area contributed by atoms with E-state index in [1.165, 1.54) is 23.3 Å². The van der Waals surface area contributed by atoms with Crippen molar-refractivity contribution in [2.24, 2.45) is 0 Å². The molecule has 1 unspecified atom stereocenters. The summed E-state index contributed by atoms with van der Waals surface area (Å²) in [5.74, 6) is 0.495. The van der Waals surface area contributed by atoms with Gasteiger partial charge in [0.05, 0.1) is 18.5 Å². The largest absolute Gasteiger partial charge is 0.389 e. The Morgan fingerprint density at radius 3 is 2.50 bits per heavy atom. The van der Waals surface area contributed by atoms with Crippen LogP contribution >= 0.6 is 0 Å². The van der Waals surface area contributed by atoms with E-state index < -0.39 is 15.9 Å². The molecule has 0 saturated heterocycles. The van der Waals surface area contributed by atoms with Crippen LogP contribution in [0, 0.1) is 0 Å². The Kier molecular flexibility index (Phi) is 3.18. The van der Waals surface area contributed by atoms with Crippen LogP contribution in [-0.2, 0) is 9.84 Å². The zero-order valence-corrected chi connectivity index (χ0v) is 10.8. The molecular weight excluding hydrogens is 254 g/mol. The van der Waals surface area contributed by atoms with E-state index in [4.69, 9.17) is 0 Å². The molecule has 0 spiro atoms. The van der Waals surface area contributed by atoms with Gasteiger partial charge in [-0.1, -0.05) is 6.07 Å². The van der Waals surface area contributed by atoms with E-state index in [0.717, 1.165) is 6.26 Å². The Labute approximate surface area is 105 Å². The molecule has 2 heterocycles. The molecule has 0 fully saturated rings. The van der Waals surface area contributed by atoms with Gasteiger partial charge in [-0.2, -0.15) is 5.10 Å². The molecule has 0 radical (unpaired) electrons. The van der Waals surface area contributed by atoms with Gasteiger partial charge in [-0.25, -0.2) is 18.1 Å². The average Bonchev–Trinajstić information content (AvgIpc) is 2.78. The summed E-state index contributed by atoms with van der Waals surface area (Å²) >= 11 is 0. The molecule has 2 aromatic rings. The van der Waals surface area contributed by atoms with Gasteiger partial charge in [0.2, 0.25) is 0 Å². The lowest BCUT2D eigenvalue weighted by Crippen LogP contribution is -2.00. The van der Waals surface area contributed by atoms with Crippen LogP contribution in [0.1, 0.15) is 18.6 Å². The fraction of sp³-hybridized carbons (Fsp3) is 0.273. The predicted octanol–water partition coefficient (Wildman–Crippen LogP) is 0.724. The second-order valence-electron chi connectivity index (χ2n) is 4.02. The zero-order valence-electron chi connectivity index (χ0n) is 9.98. The number of hydrogen-bond donors (Lipinski definition) is 1. The van der Waals surface area contributed by atoms with E-state index in [1.807, 2.05) is 0 Å². The highest BCUT2D eigenvalue weighted by molar-refractivity contribution is 7.90. The minimum Gasteiger partial charge on any atom is -0.389 e.